The molecule has 4 aromatic rings. The van der Waals surface area contributed by atoms with E-state index in [1.807, 2.05) is 53.4 Å². The Hall–Kier alpha value is -4.20. The largest absolute Gasteiger partial charge is 0.496 e. The first-order valence-corrected chi connectivity index (χ1v) is 13.5. The fourth-order valence-electron chi connectivity index (χ4n) is 4.53. The Balaban J connectivity index is 1.14. The molecule has 1 N–H and O–H groups in total. The van der Waals surface area contributed by atoms with Gasteiger partial charge in [0.25, 0.3) is 5.91 Å². The van der Waals surface area contributed by atoms with E-state index < -0.39 is 0 Å². The number of nitrogens with zero attached hydrogens (tertiary/aromatic N) is 2. The molecule has 9 heteroatoms. The lowest BCUT2D eigenvalue weighted by Gasteiger charge is -2.36. The molecular weight excluding hydrogens is 549 g/mol. The van der Waals surface area contributed by atoms with E-state index in [9.17, 15) is 9.59 Å². The third-order valence-corrected chi connectivity index (χ3v) is 7.19. The minimum atomic E-state index is -0.271. The van der Waals surface area contributed by atoms with Crippen LogP contribution in [-0.2, 0) is 4.79 Å². The van der Waals surface area contributed by atoms with Crippen LogP contribution in [0.15, 0.2) is 89.4 Å². The fraction of sp³-hybridized carbons (Fsp3) is 0.161. The zero-order valence-electron chi connectivity index (χ0n) is 21.8. The van der Waals surface area contributed by atoms with Crippen LogP contribution in [0.2, 0.25) is 10.0 Å². The average Bonchev–Trinajstić information content (AvgIpc) is 3.45. The Morgan fingerprint density at radius 1 is 0.925 bits per heavy atom. The number of carbonyl (C=O) groups is 2. The van der Waals surface area contributed by atoms with E-state index in [0.717, 1.165) is 11.3 Å². The quantitative estimate of drug-likeness (QED) is 0.243. The highest BCUT2D eigenvalue weighted by Crippen LogP contribution is 2.29. The van der Waals surface area contributed by atoms with Gasteiger partial charge in [-0.25, -0.2) is 0 Å². The minimum Gasteiger partial charge on any atom is -0.496 e. The predicted molar refractivity (Wildman–Crippen MR) is 159 cm³/mol. The molecule has 2 heterocycles. The maximum atomic E-state index is 13.1. The van der Waals surface area contributed by atoms with E-state index >= 15 is 0 Å². The normalized spacial score (nSPS) is 13.5. The second-order valence-corrected chi connectivity index (χ2v) is 10.0. The highest BCUT2D eigenvalue weighted by atomic mass is 35.5. The summed E-state index contributed by atoms with van der Waals surface area (Å²) >= 11 is 12.3. The van der Waals surface area contributed by atoms with Gasteiger partial charge in [0, 0.05) is 54.2 Å². The lowest BCUT2D eigenvalue weighted by molar-refractivity contribution is -0.111. The van der Waals surface area contributed by atoms with Gasteiger partial charge in [-0.05, 0) is 72.8 Å². The Morgan fingerprint density at radius 2 is 1.68 bits per heavy atom. The molecule has 1 aliphatic rings. The number of anilines is 2. The summed E-state index contributed by atoms with van der Waals surface area (Å²) in [6.07, 6.45) is 3.04. The monoisotopic (exact) mass is 575 g/mol. The third kappa shape index (κ3) is 6.33. The zero-order valence-corrected chi connectivity index (χ0v) is 23.3. The van der Waals surface area contributed by atoms with Crippen molar-refractivity contribution in [2.45, 2.75) is 0 Å². The van der Waals surface area contributed by atoms with Crippen molar-refractivity contribution < 1.29 is 18.7 Å². The second kappa shape index (κ2) is 12.3. The van der Waals surface area contributed by atoms with Gasteiger partial charge < -0.3 is 24.3 Å². The van der Waals surface area contributed by atoms with E-state index in [2.05, 4.69) is 10.2 Å². The first kappa shape index (κ1) is 27.4. The molecule has 0 radical (unpaired) electrons. The third-order valence-electron chi connectivity index (χ3n) is 6.62. The number of carbonyl (C=O) groups excluding carboxylic acids is 2. The number of piperazine rings is 1. The first-order chi connectivity index (χ1) is 19.4. The molecule has 5 rings (SSSR count). The van der Waals surface area contributed by atoms with E-state index in [1.165, 1.54) is 13.2 Å². The number of benzene rings is 3. The molecule has 0 atom stereocenters. The van der Waals surface area contributed by atoms with Gasteiger partial charge >= 0.3 is 0 Å². The molecule has 3 aromatic carbocycles. The van der Waals surface area contributed by atoms with Crippen molar-refractivity contribution in [1.29, 1.82) is 0 Å². The van der Waals surface area contributed by atoms with Gasteiger partial charge in [-0.1, -0.05) is 35.3 Å². The van der Waals surface area contributed by atoms with Crippen molar-refractivity contribution in [3.8, 4) is 17.1 Å². The fourth-order valence-corrected chi connectivity index (χ4v) is 4.93. The van der Waals surface area contributed by atoms with Crippen LogP contribution in [0.1, 0.15) is 16.1 Å². The standard InChI is InChI=1S/C31H27Cl2N3O4/c1-39-28-13-6-21(32)20-26(28)31(38)36-18-16-35(17-19-36)23-9-7-22(8-10-23)34-30(37)15-12-24-11-14-29(40-24)25-4-2-3-5-27(25)33/h2-15,20H,16-19H2,1H3,(H,34,37)/b15-12+. The molecule has 2 amide bonds. The number of nitrogens with one attached hydrogen (secondary N) is 1. The number of ether oxygens (including phenoxy) is 1. The zero-order chi connectivity index (χ0) is 28.1. The van der Waals surface area contributed by atoms with Gasteiger partial charge in [-0.15, -0.1) is 0 Å². The predicted octanol–water partition coefficient (Wildman–Crippen LogP) is 6.88. The lowest BCUT2D eigenvalue weighted by Crippen LogP contribution is -2.48. The molecule has 1 fully saturated rings. The minimum absolute atomic E-state index is 0.0975. The van der Waals surface area contributed by atoms with Crippen LogP contribution in [0.25, 0.3) is 17.4 Å². The molecule has 0 bridgehead atoms. The molecule has 0 spiro atoms. The van der Waals surface area contributed by atoms with Crippen LogP contribution in [0.3, 0.4) is 0 Å². The summed E-state index contributed by atoms with van der Waals surface area (Å²) in [5.74, 6) is 1.32. The molecule has 1 aliphatic heterocycles. The smallest absolute Gasteiger partial charge is 0.257 e. The number of rotatable bonds is 7. The number of furan rings is 1. The molecule has 40 heavy (non-hydrogen) atoms. The number of amides is 2. The lowest BCUT2D eigenvalue weighted by atomic mass is 10.1. The highest BCUT2D eigenvalue weighted by molar-refractivity contribution is 6.33. The van der Waals surface area contributed by atoms with E-state index in [-0.39, 0.29) is 11.8 Å². The number of hydrogen-bond acceptors (Lipinski definition) is 5. The van der Waals surface area contributed by atoms with Crippen LogP contribution < -0.4 is 15.0 Å². The number of methoxy groups -OCH3 is 1. The Morgan fingerprint density at radius 3 is 2.40 bits per heavy atom. The Labute approximate surface area is 242 Å². The van der Waals surface area contributed by atoms with Crippen LogP contribution in [0.5, 0.6) is 5.75 Å². The van der Waals surface area contributed by atoms with Crippen LogP contribution in [-0.4, -0.2) is 50.0 Å². The van der Waals surface area contributed by atoms with Crippen LogP contribution >= 0.6 is 23.2 Å². The first-order valence-electron chi connectivity index (χ1n) is 12.7. The van der Waals surface area contributed by atoms with E-state index in [0.29, 0.717) is 64.7 Å². The van der Waals surface area contributed by atoms with Crippen LogP contribution in [0.4, 0.5) is 11.4 Å². The molecule has 1 saturated heterocycles. The highest BCUT2D eigenvalue weighted by Gasteiger charge is 2.24. The van der Waals surface area contributed by atoms with Crippen molar-refractivity contribution in [2.24, 2.45) is 0 Å². The number of hydrogen-bond donors (Lipinski definition) is 1. The summed E-state index contributed by atoms with van der Waals surface area (Å²) < 4.78 is 11.1. The van der Waals surface area contributed by atoms with Gasteiger partial charge in [-0.3, -0.25) is 9.59 Å². The molecule has 7 nitrogen and oxygen atoms in total. The summed E-state index contributed by atoms with van der Waals surface area (Å²) in [5, 5.41) is 3.96. The van der Waals surface area contributed by atoms with Crippen molar-refractivity contribution in [3.05, 3.63) is 106 Å². The van der Waals surface area contributed by atoms with Crippen molar-refractivity contribution in [3.63, 3.8) is 0 Å². The maximum Gasteiger partial charge on any atom is 0.257 e. The van der Waals surface area contributed by atoms with E-state index in [1.54, 1.807) is 36.4 Å². The maximum absolute atomic E-state index is 13.1. The van der Waals surface area contributed by atoms with E-state index in [4.69, 9.17) is 32.4 Å². The summed E-state index contributed by atoms with van der Waals surface area (Å²) in [7, 11) is 1.54. The van der Waals surface area contributed by atoms with Gasteiger partial charge in [-0.2, -0.15) is 0 Å². The molecule has 0 aliphatic carbocycles. The van der Waals surface area contributed by atoms with Crippen molar-refractivity contribution >= 4 is 52.5 Å². The molecule has 1 aromatic heterocycles. The SMILES string of the molecule is COc1ccc(Cl)cc1C(=O)N1CCN(c2ccc(NC(=O)/C=C/c3ccc(-c4ccccc4Cl)o3)cc2)CC1. The molecule has 0 unspecified atom stereocenters. The molecule has 204 valence electrons. The molecule has 0 saturated carbocycles. The van der Waals surface area contributed by atoms with Gasteiger partial charge in [0.05, 0.1) is 17.7 Å². The Bertz CT molecular complexity index is 1540. The summed E-state index contributed by atoms with van der Waals surface area (Å²) in [4.78, 5) is 29.5. The van der Waals surface area contributed by atoms with Crippen molar-refractivity contribution in [2.75, 3.05) is 43.5 Å². The summed E-state index contributed by atoms with van der Waals surface area (Å²) in [6, 6.07) is 23.7. The number of halogens is 2. The summed E-state index contributed by atoms with van der Waals surface area (Å²) in [6.45, 7) is 2.51. The van der Waals surface area contributed by atoms with Gasteiger partial charge in [0.1, 0.15) is 17.3 Å². The van der Waals surface area contributed by atoms with Crippen LogP contribution in [0, 0.1) is 0 Å². The van der Waals surface area contributed by atoms with Crippen molar-refractivity contribution in [1.82, 2.24) is 4.90 Å². The molecular formula is C31H27Cl2N3O4. The van der Waals surface area contributed by atoms with Gasteiger partial charge in [0.2, 0.25) is 5.91 Å². The Kier molecular flexibility index (Phi) is 8.43. The second-order valence-electron chi connectivity index (χ2n) is 9.18. The van der Waals surface area contributed by atoms with Gasteiger partial charge in [0.15, 0.2) is 0 Å². The summed E-state index contributed by atoms with van der Waals surface area (Å²) in [5.41, 5.74) is 2.95. The topological polar surface area (TPSA) is 75.0 Å². The average molecular weight is 576 g/mol.